The normalized spacial score (nSPS) is 26.3. The van der Waals surface area contributed by atoms with Crippen molar-refractivity contribution in [1.29, 1.82) is 0 Å². The summed E-state index contributed by atoms with van der Waals surface area (Å²) in [7, 11) is 0. The molecule has 0 heterocycles. The first kappa shape index (κ1) is 15.8. The Morgan fingerprint density at radius 3 is 2.95 bits per heavy atom. The van der Waals surface area contributed by atoms with Crippen molar-refractivity contribution in [2.45, 2.75) is 45.1 Å². The number of benzene rings is 1. The SMILES string of the molecule is Cc1c(Br)cccc1C(=O)NC1(CCl)CCCC(C)C1. The van der Waals surface area contributed by atoms with Gasteiger partial charge in [-0.2, -0.15) is 0 Å². The predicted molar refractivity (Wildman–Crippen MR) is 87.4 cm³/mol. The molecule has 1 aromatic rings. The first-order chi connectivity index (χ1) is 9.47. The van der Waals surface area contributed by atoms with Crippen LogP contribution in [0.2, 0.25) is 0 Å². The monoisotopic (exact) mass is 357 g/mol. The zero-order chi connectivity index (χ0) is 14.8. The molecule has 0 aromatic heterocycles. The number of nitrogens with one attached hydrogen (secondary N) is 1. The van der Waals surface area contributed by atoms with Crippen molar-refractivity contribution in [3.05, 3.63) is 33.8 Å². The number of hydrogen-bond acceptors (Lipinski definition) is 1. The molecule has 0 bridgehead atoms. The van der Waals surface area contributed by atoms with Gasteiger partial charge in [-0.15, -0.1) is 11.6 Å². The molecule has 1 aliphatic carbocycles. The largest absolute Gasteiger partial charge is 0.345 e. The van der Waals surface area contributed by atoms with Gasteiger partial charge in [0, 0.05) is 15.9 Å². The van der Waals surface area contributed by atoms with E-state index in [0.29, 0.717) is 11.8 Å². The number of carbonyl (C=O) groups excluding carboxylic acids is 1. The summed E-state index contributed by atoms with van der Waals surface area (Å²) in [6, 6.07) is 5.71. The smallest absolute Gasteiger partial charge is 0.252 e. The van der Waals surface area contributed by atoms with Crippen molar-refractivity contribution < 1.29 is 4.79 Å². The molecule has 0 aliphatic heterocycles. The molecule has 1 saturated carbocycles. The second kappa shape index (κ2) is 6.48. The van der Waals surface area contributed by atoms with E-state index in [1.165, 1.54) is 6.42 Å². The van der Waals surface area contributed by atoms with E-state index in [-0.39, 0.29) is 11.4 Å². The van der Waals surface area contributed by atoms with Crippen LogP contribution < -0.4 is 5.32 Å². The molecule has 1 N–H and O–H groups in total. The maximum absolute atomic E-state index is 12.6. The molecule has 1 aliphatic rings. The number of carbonyl (C=O) groups is 1. The van der Waals surface area contributed by atoms with E-state index in [1.807, 2.05) is 25.1 Å². The van der Waals surface area contributed by atoms with E-state index in [1.54, 1.807) is 0 Å². The molecular weight excluding hydrogens is 338 g/mol. The third kappa shape index (κ3) is 3.37. The molecule has 20 heavy (non-hydrogen) atoms. The van der Waals surface area contributed by atoms with Crippen LogP contribution in [-0.4, -0.2) is 17.3 Å². The average Bonchev–Trinajstić information content (AvgIpc) is 2.41. The van der Waals surface area contributed by atoms with E-state index < -0.39 is 0 Å². The lowest BCUT2D eigenvalue weighted by atomic mass is 9.77. The highest BCUT2D eigenvalue weighted by Gasteiger charge is 2.36. The maximum Gasteiger partial charge on any atom is 0.252 e. The summed E-state index contributed by atoms with van der Waals surface area (Å²) in [5.74, 6) is 1.08. The van der Waals surface area contributed by atoms with Crippen LogP contribution in [0, 0.1) is 12.8 Å². The van der Waals surface area contributed by atoms with Gasteiger partial charge in [0.1, 0.15) is 0 Å². The Morgan fingerprint density at radius 1 is 1.55 bits per heavy atom. The summed E-state index contributed by atoms with van der Waals surface area (Å²) < 4.78 is 0.960. The molecule has 2 nitrogen and oxygen atoms in total. The molecule has 0 spiro atoms. The number of hydrogen-bond donors (Lipinski definition) is 1. The topological polar surface area (TPSA) is 29.1 Å². The molecule has 1 amide bonds. The first-order valence-corrected chi connectivity index (χ1v) is 8.44. The quantitative estimate of drug-likeness (QED) is 0.781. The van der Waals surface area contributed by atoms with E-state index in [2.05, 4.69) is 28.2 Å². The molecule has 2 atom stereocenters. The summed E-state index contributed by atoms with van der Waals surface area (Å²) in [5.41, 5.74) is 1.45. The van der Waals surface area contributed by atoms with Crippen LogP contribution in [0.3, 0.4) is 0 Å². The zero-order valence-corrected chi connectivity index (χ0v) is 14.4. The number of rotatable bonds is 3. The molecule has 0 radical (unpaired) electrons. The fourth-order valence-electron chi connectivity index (χ4n) is 3.09. The Morgan fingerprint density at radius 2 is 2.30 bits per heavy atom. The standard InChI is InChI=1S/C16H21BrClNO/c1-11-5-4-8-16(9-11,10-18)19-15(20)13-6-3-7-14(17)12(13)2/h3,6-7,11H,4-5,8-10H2,1-2H3,(H,19,20). The Balaban J connectivity index is 2.19. The Hall–Kier alpha value is -0.540. The number of halogens is 2. The van der Waals surface area contributed by atoms with Gasteiger partial charge in [0.15, 0.2) is 0 Å². The van der Waals surface area contributed by atoms with Crippen LogP contribution in [0.25, 0.3) is 0 Å². The highest BCUT2D eigenvalue weighted by molar-refractivity contribution is 9.10. The average molecular weight is 359 g/mol. The number of alkyl halides is 1. The summed E-state index contributed by atoms with van der Waals surface area (Å²) in [6.45, 7) is 4.19. The molecule has 1 fully saturated rings. The van der Waals surface area contributed by atoms with Crippen LogP contribution in [0.5, 0.6) is 0 Å². The van der Waals surface area contributed by atoms with Crippen molar-refractivity contribution in [1.82, 2.24) is 5.32 Å². The second-order valence-corrected chi connectivity index (χ2v) is 7.10. The van der Waals surface area contributed by atoms with Gasteiger partial charge in [0.25, 0.3) is 5.91 Å². The third-order valence-electron chi connectivity index (χ3n) is 4.24. The highest BCUT2D eigenvalue weighted by Crippen LogP contribution is 2.33. The maximum atomic E-state index is 12.6. The fourth-order valence-corrected chi connectivity index (χ4v) is 3.77. The minimum Gasteiger partial charge on any atom is -0.345 e. The van der Waals surface area contributed by atoms with Gasteiger partial charge in [0.2, 0.25) is 0 Å². The zero-order valence-electron chi connectivity index (χ0n) is 12.0. The lowest BCUT2D eigenvalue weighted by Crippen LogP contribution is -2.52. The van der Waals surface area contributed by atoms with E-state index in [0.717, 1.165) is 34.9 Å². The summed E-state index contributed by atoms with van der Waals surface area (Å²) in [5, 5.41) is 3.21. The van der Waals surface area contributed by atoms with Crippen LogP contribution in [0.15, 0.2) is 22.7 Å². The van der Waals surface area contributed by atoms with Crippen molar-refractivity contribution in [2.24, 2.45) is 5.92 Å². The molecule has 4 heteroatoms. The minimum absolute atomic E-state index is 0.0152. The second-order valence-electron chi connectivity index (χ2n) is 5.98. The van der Waals surface area contributed by atoms with Gasteiger partial charge in [0.05, 0.1) is 5.54 Å². The van der Waals surface area contributed by atoms with Crippen LogP contribution in [-0.2, 0) is 0 Å². The van der Waals surface area contributed by atoms with Crippen molar-refractivity contribution in [3.8, 4) is 0 Å². The molecule has 0 saturated heterocycles. The molecule has 2 rings (SSSR count). The fraction of sp³-hybridized carbons (Fsp3) is 0.562. The van der Waals surface area contributed by atoms with Crippen LogP contribution in [0.4, 0.5) is 0 Å². The van der Waals surface area contributed by atoms with Gasteiger partial charge in [-0.1, -0.05) is 41.8 Å². The third-order valence-corrected chi connectivity index (χ3v) is 5.61. The van der Waals surface area contributed by atoms with Gasteiger partial charge in [-0.25, -0.2) is 0 Å². The lowest BCUT2D eigenvalue weighted by molar-refractivity contribution is 0.0866. The van der Waals surface area contributed by atoms with E-state index in [9.17, 15) is 4.79 Å². The van der Waals surface area contributed by atoms with Gasteiger partial charge in [-0.3, -0.25) is 4.79 Å². The van der Waals surface area contributed by atoms with Crippen molar-refractivity contribution in [3.63, 3.8) is 0 Å². The van der Waals surface area contributed by atoms with Gasteiger partial charge < -0.3 is 5.32 Å². The van der Waals surface area contributed by atoms with E-state index in [4.69, 9.17) is 11.6 Å². The molecule has 2 unspecified atom stereocenters. The Labute approximate surface area is 134 Å². The minimum atomic E-state index is -0.245. The first-order valence-electron chi connectivity index (χ1n) is 7.11. The van der Waals surface area contributed by atoms with Gasteiger partial charge >= 0.3 is 0 Å². The van der Waals surface area contributed by atoms with Crippen molar-refractivity contribution >= 4 is 33.4 Å². The predicted octanol–water partition coefficient (Wildman–Crippen LogP) is 4.68. The Kier molecular flexibility index (Phi) is 5.14. The summed E-state index contributed by atoms with van der Waals surface area (Å²) in [4.78, 5) is 12.6. The molecule has 1 aromatic carbocycles. The summed E-state index contributed by atoms with van der Waals surface area (Å²) >= 11 is 9.65. The molecule has 110 valence electrons. The van der Waals surface area contributed by atoms with Crippen LogP contribution >= 0.6 is 27.5 Å². The van der Waals surface area contributed by atoms with Crippen molar-refractivity contribution in [2.75, 3.05) is 5.88 Å². The summed E-state index contributed by atoms with van der Waals surface area (Å²) in [6.07, 6.45) is 4.30. The highest BCUT2D eigenvalue weighted by atomic mass is 79.9. The van der Waals surface area contributed by atoms with E-state index >= 15 is 0 Å². The van der Waals surface area contributed by atoms with Gasteiger partial charge in [-0.05, 0) is 43.4 Å². The Bertz CT molecular complexity index is 505. The van der Waals surface area contributed by atoms with Crippen LogP contribution in [0.1, 0.15) is 48.5 Å². The number of amides is 1. The molecular formula is C16H21BrClNO. The lowest BCUT2D eigenvalue weighted by Gasteiger charge is -2.39.